The Balaban J connectivity index is 1.81. The van der Waals surface area contributed by atoms with Crippen molar-refractivity contribution in [2.45, 2.75) is 6.54 Å². The van der Waals surface area contributed by atoms with Crippen molar-refractivity contribution < 1.29 is 24.2 Å². The van der Waals surface area contributed by atoms with Gasteiger partial charge in [-0.15, -0.1) is 0 Å². The third kappa shape index (κ3) is 3.26. The fourth-order valence-corrected chi connectivity index (χ4v) is 3.03. The van der Waals surface area contributed by atoms with Gasteiger partial charge in [0.2, 0.25) is 0 Å². The molecule has 0 saturated carbocycles. The number of thioether (sulfide) groups is 1. The number of nitrogens with zero attached hydrogens (tertiary/aromatic N) is 1. The van der Waals surface area contributed by atoms with Crippen molar-refractivity contribution in [3.8, 4) is 11.5 Å². The van der Waals surface area contributed by atoms with E-state index in [4.69, 9.17) is 0 Å². The molecule has 2 amide bonds. The van der Waals surface area contributed by atoms with Crippen LogP contribution in [0.25, 0.3) is 6.08 Å². The molecule has 2 aromatic carbocycles. The number of benzene rings is 2. The van der Waals surface area contributed by atoms with Crippen molar-refractivity contribution in [3.63, 3.8) is 0 Å². The Morgan fingerprint density at radius 1 is 1.04 bits per heavy atom. The molecule has 0 aliphatic carbocycles. The predicted molar refractivity (Wildman–Crippen MR) is 87.7 cm³/mol. The number of hydrogen-bond acceptors (Lipinski definition) is 5. The quantitative estimate of drug-likeness (QED) is 0.658. The van der Waals surface area contributed by atoms with E-state index in [-0.39, 0.29) is 28.8 Å². The van der Waals surface area contributed by atoms with Crippen LogP contribution in [0, 0.1) is 5.82 Å². The minimum Gasteiger partial charge on any atom is -0.504 e. The highest BCUT2D eigenvalue weighted by Gasteiger charge is 2.34. The van der Waals surface area contributed by atoms with Crippen LogP contribution in [0.5, 0.6) is 11.5 Å². The van der Waals surface area contributed by atoms with Gasteiger partial charge in [-0.3, -0.25) is 14.5 Å². The number of phenolic OH excluding ortho intramolecular Hbond substituents is 2. The number of aromatic hydroxyl groups is 2. The summed E-state index contributed by atoms with van der Waals surface area (Å²) in [6.45, 7) is 0.0586. The van der Waals surface area contributed by atoms with Crippen LogP contribution in [-0.2, 0) is 11.3 Å². The van der Waals surface area contributed by atoms with Gasteiger partial charge in [0.1, 0.15) is 5.82 Å². The molecule has 7 heteroatoms. The van der Waals surface area contributed by atoms with Gasteiger partial charge in [0.15, 0.2) is 11.5 Å². The zero-order valence-corrected chi connectivity index (χ0v) is 13.1. The maximum atomic E-state index is 12.9. The van der Waals surface area contributed by atoms with Crippen molar-refractivity contribution in [1.29, 1.82) is 0 Å². The first-order valence-corrected chi connectivity index (χ1v) is 7.77. The Labute approximate surface area is 141 Å². The Morgan fingerprint density at radius 2 is 1.75 bits per heavy atom. The standard InChI is InChI=1S/C17H12FNO4S/c18-12-4-1-10(2-5-12)9-19-16(22)15(24-17(19)23)8-11-3-6-13(20)14(21)7-11/h1-8,20-21H,9H2/b15-8+. The number of carbonyl (C=O) groups excluding carboxylic acids is 2. The summed E-state index contributed by atoms with van der Waals surface area (Å²) in [6, 6.07) is 9.67. The van der Waals surface area contributed by atoms with Gasteiger partial charge in [0, 0.05) is 0 Å². The SMILES string of the molecule is O=C1S/C(=C/c2ccc(O)c(O)c2)C(=O)N1Cc1ccc(F)cc1. The molecular weight excluding hydrogens is 333 g/mol. The van der Waals surface area contributed by atoms with Crippen LogP contribution in [0.3, 0.4) is 0 Å². The Hall–Kier alpha value is -2.80. The molecule has 0 radical (unpaired) electrons. The third-order valence-corrected chi connectivity index (χ3v) is 4.33. The highest BCUT2D eigenvalue weighted by atomic mass is 32.2. The first kappa shape index (κ1) is 16.1. The predicted octanol–water partition coefficient (Wildman–Crippen LogP) is 3.47. The summed E-state index contributed by atoms with van der Waals surface area (Å²) >= 11 is 0.789. The number of hydrogen-bond donors (Lipinski definition) is 2. The fraction of sp³-hybridized carbons (Fsp3) is 0.0588. The van der Waals surface area contributed by atoms with E-state index in [2.05, 4.69) is 0 Å². The summed E-state index contributed by atoms with van der Waals surface area (Å²) in [5.74, 6) is -1.42. The van der Waals surface area contributed by atoms with Crippen LogP contribution in [-0.4, -0.2) is 26.3 Å². The number of halogens is 1. The van der Waals surface area contributed by atoms with Gasteiger partial charge in [-0.25, -0.2) is 4.39 Å². The highest BCUT2D eigenvalue weighted by molar-refractivity contribution is 8.18. The first-order chi connectivity index (χ1) is 11.4. The summed E-state index contributed by atoms with van der Waals surface area (Å²) in [6.07, 6.45) is 1.47. The highest BCUT2D eigenvalue weighted by Crippen LogP contribution is 2.34. The van der Waals surface area contributed by atoms with Crippen molar-refractivity contribution >= 4 is 29.0 Å². The van der Waals surface area contributed by atoms with E-state index in [9.17, 15) is 24.2 Å². The summed E-state index contributed by atoms with van der Waals surface area (Å²) < 4.78 is 12.9. The molecule has 122 valence electrons. The average Bonchev–Trinajstić information content (AvgIpc) is 2.80. The molecule has 0 atom stereocenters. The molecule has 0 aromatic heterocycles. The molecular formula is C17H12FNO4S. The maximum absolute atomic E-state index is 12.9. The topological polar surface area (TPSA) is 77.8 Å². The van der Waals surface area contributed by atoms with E-state index in [1.165, 1.54) is 48.5 Å². The molecule has 1 fully saturated rings. The van der Waals surface area contributed by atoms with Crippen LogP contribution in [0.4, 0.5) is 9.18 Å². The molecule has 1 heterocycles. The largest absolute Gasteiger partial charge is 0.504 e. The number of carbonyl (C=O) groups is 2. The fourth-order valence-electron chi connectivity index (χ4n) is 2.19. The Morgan fingerprint density at radius 3 is 2.42 bits per heavy atom. The van der Waals surface area contributed by atoms with E-state index < -0.39 is 11.1 Å². The molecule has 0 unspecified atom stereocenters. The van der Waals surface area contributed by atoms with Crippen molar-refractivity contribution in [1.82, 2.24) is 4.90 Å². The Bertz CT molecular complexity index is 848. The van der Waals surface area contributed by atoms with Crippen LogP contribution in [0.15, 0.2) is 47.4 Å². The minimum absolute atomic E-state index is 0.0586. The summed E-state index contributed by atoms with van der Waals surface area (Å²) in [5.41, 5.74) is 1.12. The second kappa shape index (κ2) is 6.37. The minimum atomic E-state index is -0.457. The number of phenols is 2. The lowest BCUT2D eigenvalue weighted by Crippen LogP contribution is -2.27. The van der Waals surface area contributed by atoms with Crippen LogP contribution in [0.2, 0.25) is 0 Å². The van der Waals surface area contributed by atoms with Gasteiger partial charge in [-0.05, 0) is 53.2 Å². The molecule has 1 saturated heterocycles. The zero-order chi connectivity index (χ0) is 17.3. The molecule has 1 aliphatic rings. The molecule has 0 bridgehead atoms. The first-order valence-electron chi connectivity index (χ1n) is 6.96. The van der Waals surface area contributed by atoms with Crippen LogP contribution >= 0.6 is 11.8 Å². The maximum Gasteiger partial charge on any atom is 0.293 e. The van der Waals surface area contributed by atoms with Crippen molar-refractivity contribution in [2.24, 2.45) is 0 Å². The van der Waals surface area contributed by atoms with Gasteiger partial charge in [0.25, 0.3) is 11.1 Å². The smallest absolute Gasteiger partial charge is 0.293 e. The second-order valence-electron chi connectivity index (χ2n) is 5.14. The van der Waals surface area contributed by atoms with E-state index in [0.29, 0.717) is 11.1 Å². The molecule has 2 N–H and O–H groups in total. The zero-order valence-electron chi connectivity index (χ0n) is 12.3. The molecule has 24 heavy (non-hydrogen) atoms. The number of amides is 2. The van der Waals surface area contributed by atoms with E-state index >= 15 is 0 Å². The second-order valence-corrected chi connectivity index (χ2v) is 6.14. The van der Waals surface area contributed by atoms with Gasteiger partial charge >= 0.3 is 0 Å². The average molecular weight is 345 g/mol. The van der Waals surface area contributed by atoms with Crippen LogP contribution in [0.1, 0.15) is 11.1 Å². The molecule has 2 aromatic rings. The van der Waals surface area contributed by atoms with Crippen molar-refractivity contribution in [3.05, 3.63) is 64.3 Å². The van der Waals surface area contributed by atoms with E-state index in [1.807, 2.05) is 0 Å². The van der Waals surface area contributed by atoms with Gasteiger partial charge in [-0.1, -0.05) is 18.2 Å². The monoisotopic (exact) mass is 345 g/mol. The van der Waals surface area contributed by atoms with Gasteiger partial charge < -0.3 is 10.2 Å². The van der Waals surface area contributed by atoms with Gasteiger partial charge in [-0.2, -0.15) is 0 Å². The number of rotatable bonds is 3. The van der Waals surface area contributed by atoms with Gasteiger partial charge in [0.05, 0.1) is 11.4 Å². The summed E-state index contributed by atoms with van der Waals surface area (Å²) in [7, 11) is 0. The Kier molecular flexibility index (Phi) is 4.26. The molecule has 0 spiro atoms. The van der Waals surface area contributed by atoms with E-state index in [1.54, 1.807) is 0 Å². The molecule has 5 nitrogen and oxygen atoms in total. The molecule has 1 aliphatic heterocycles. The molecule has 3 rings (SSSR count). The van der Waals surface area contributed by atoms with Crippen LogP contribution < -0.4 is 0 Å². The lowest BCUT2D eigenvalue weighted by Gasteiger charge is -2.12. The lowest BCUT2D eigenvalue weighted by molar-refractivity contribution is -0.123. The van der Waals surface area contributed by atoms with E-state index in [0.717, 1.165) is 16.7 Å². The normalized spacial score (nSPS) is 16.2. The number of imide groups is 1. The summed E-state index contributed by atoms with van der Waals surface area (Å²) in [5, 5.41) is 18.4. The third-order valence-electron chi connectivity index (χ3n) is 3.42. The lowest BCUT2D eigenvalue weighted by atomic mass is 10.1. The summed E-state index contributed by atoms with van der Waals surface area (Å²) in [4.78, 5) is 25.7. The van der Waals surface area contributed by atoms with Crippen molar-refractivity contribution in [2.75, 3.05) is 0 Å².